The lowest BCUT2D eigenvalue weighted by Crippen LogP contribution is -2.25. The molecule has 1 saturated heterocycles. The highest BCUT2D eigenvalue weighted by Gasteiger charge is 2.28. The summed E-state index contributed by atoms with van der Waals surface area (Å²) in [6.45, 7) is 3.58. The molecule has 1 aromatic rings. The van der Waals surface area contributed by atoms with Gasteiger partial charge in [-0.15, -0.1) is 0 Å². The van der Waals surface area contributed by atoms with Crippen molar-refractivity contribution in [1.29, 1.82) is 0 Å². The molecule has 1 aliphatic rings. The summed E-state index contributed by atoms with van der Waals surface area (Å²) in [7, 11) is -3.10. The molecule has 0 radical (unpaired) electrons. The fraction of sp³-hybridized carbons (Fsp3) is 0.571. The predicted molar refractivity (Wildman–Crippen MR) is 80.3 cm³/mol. The molecule has 6 heteroatoms. The Morgan fingerprint density at radius 2 is 2.05 bits per heavy atom. The van der Waals surface area contributed by atoms with E-state index in [-0.39, 0.29) is 18.4 Å². The summed E-state index contributed by atoms with van der Waals surface area (Å²) < 4.78 is 25.2. The minimum Gasteiger partial charge on any atom is -0.396 e. The van der Waals surface area contributed by atoms with Crippen LogP contribution in [0.1, 0.15) is 31.4 Å². The van der Waals surface area contributed by atoms with Crippen molar-refractivity contribution in [2.75, 3.05) is 29.8 Å². The maximum atomic E-state index is 11.8. The number of hydrogen-bond acceptors (Lipinski definition) is 4. The van der Waals surface area contributed by atoms with Crippen LogP contribution >= 0.6 is 0 Å². The Labute approximate surface area is 120 Å². The van der Waals surface area contributed by atoms with Gasteiger partial charge in [-0.25, -0.2) is 8.42 Å². The van der Waals surface area contributed by atoms with Crippen LogP contribution < -0.4 is 9.62 Å². The zero-order valence-electron chi connectivity index (χ0n) is 11.7. The second-order valence-electron chi connectivity index (χ2n) is 5.09. The van der Waals surface area contributed by atoms with Gasteiger partial charge >= 0.3 is 0 Å². The molecule has 1 aliphatic heterocycles. The molecular formula is C14H22N2O3S. The minimum atomic E-state index is -3.10. The van der Waals surface area contributed by atoms with Gasteiger partial charge < -0.3 is 10.4 Å². The highest BCUT2D eigenvalue weighted by molar-refractivity contribution is 7.93. The number of anilines is 1. The zero-order valence-corrected chi connectivity index (χ0v) is 12.6. The first-order valence-corrected chi connectivity index (χ1v) is 8.60. The summed E-state index contributed by atoms with van der Waals surface area (Å²) in [5.74, 6) is 0.244. The van der Waals surface area contributed by atoms with Crippen LogP contribution in [-0.4, -0.2) is 39.0 Å². The van der Waals surface area contributed by atoms with Crippen molar-refractivity contribution in [3.63, 3.8) is 0 Å². The number of nitrogens with one attached hydrogen (secondary N) is 1. The van der Waals surface area contributed by atoms with Crippen LogP contribution in [0, 0.1) is 0 Å². The third-order valence-corrected chi connectivity index (χ3v) is 5.44. The van der Waals surface area contributed by atoms with Crippen LogP contribution in [0.25, 0.3) is 0 Å². The fourth-order valence-corrected chi connectivity index (χ4v) is 3.94. The topological polar surface area (TPSA) is 69.6 Å². The third kappa shape index (κ3) is 3.50. The standard InChI is InChI=1S/C14H22N2O3S/c1-12(15-8-2-10-17)13-4-6-14(7-5-13)16-9-3-11-20(16,18)19/h4-7,12,15,17H,2-3,8-11H2,1H3. The molecule has 0 bridgehead atoms. The van der Waals surface area contributed by atoms with Gasteiger partial charge in [-0.1, -0.05) is 12.1 Å². The van der Waals surface area contributed by atoms with Crippen LogP contribution in [0.3, 0.4) is 0 Å². The van der Waals surface area contributed by atoms with Crippen molar-refractivity contribution in [1.82, 2.24) is 5.32 Å². The second-order valence-corrected chi connectivity index (χ2v) is 7.10. The van der Waals surface area contributed by atoms with E-state index < -0.39 is 10.0 Å². The van der Waals surface area contributed by atoms with Gasteiger partial charge in [0, 0.05) is 19.2 Å². The van der Waals surface area contributed by atoms with Gasteiger partial charge in [0.1, 0.15) is 0 Å². The Morgan fingerprint density at radius 3 is 2.60 bits per heavy atom. The largest absolute Gasteiger partial charge is 0.396 e. The Morgan fingerprint density at radius 1 is 1.35 bits per heavy atom. The van der Waals surface area contributed by atoms with E-state index in [1.165, 1.54) is 4.31 Å². The Balaban J connectivity index is 2.03. The van der Waals surface area contributed by atoms with Crippen LogP contribution in [0.15, 0.2) is 24.3 Å². The van der Waals surface area contributed by atoms with Crippen molar-refractivity contribution in [2.45, 2.75) is 25.8 Å². The van der Waals surface area contributed by atoms with Gasteiger partial charge in [-0.3, -0.25) is 4.31 Å². The van der Waals surface area contributed by atoms with Gasteiger partial charge in [0.2, 0.25) is 10.0 Å². The first-order chi connectivity index (χ1) is 9.54. The van der Waals surface area contributed by atoms with Gasteiger partial charge in [-0.05, 0) is 44.0 Å². The smallest absolute Gasteiger partial charge is 0.235 e. The van der Waals surface area contributed by atoms with E-state index >= 15 is 0 Å². The van der Waals surface area contributed by atoms with Crippen LogP contribution in [-0.2, 0) is 10.0 Å². The fourth-order valence-electron chi connectivity index (χ4n) is 2.37. The molecule has 1 unspecified atom stereocenters. The first-order valence-electron chi connectivity index (χ1n) is 6.99. The van der Waals surface area contributed by atoms with Crippen LogP contribution in [0.2, 0.25) is 0 Å². The van der Waals surface area contributed by atoms with E-state index in [1.54, 1.807) is 0 Å². The highest BCUT2D eigenvalue weighted by atomic mass is 32.2. The molecule has 1 aromatic carbocycles. The van der Waals surface area contributed by atoms with E-state index in [2.05, 4.69) is 12.2 Å². The first kappa shape index (κ1) is 15.3. The molecule has 0 aromatic heterocycles. The van der Waals surface area contributed by atoms with Crippen molar-refractivity contribution in [3.8, 4) is 0 Å². The molecule has 2 N–H and O–H groups in total. The van der Waals surface area contributed by atoms with E-state index in [1.807, 2.05) is 24.3 Å². The SMILES string of the molecule is CC(NCCCO)c1ccc(N2CCCS2(=O)=O)cc1. The van der Waals surface area contributed by atoms with E-state index in [0.717, 1.165) is 24.2 Å². The Kier molecular flexibility index (Phi) is 5.01. The van der Waals surface area contributed by atoms with Crippen molar-refractivity contribution >= 4 is 15.7 Å². The van der Waals surface area contributed by atoms with E-state index in [9.17, 15) is 8.42 Å². The predicted octanol–water partition coefficient (Wildman–Crippen LogP) is 1.26. The molecule has 20 heavy (non-hydrogen) atoms. The van der Waals surface area contributed by atoms with E-state index in [0.29, 0.717) is 13.0 Å². The van der Waals surface area contributed by atoms with Gasteiger partial charge in [0.15, 0.2) is 0 Å². The Hall–Kier alpha value is -1.11. The van der Waals surface area contributed by atoms with Gasteiger partial charge in [0.05, 0.1) is 11.4 Å². The minimum absolute atomic E-state index is 0.186. The highest BCUT2D eigenvalue weighted by Crippen LogP contribution is 2.25. The molecule has 0 saturated carbocycles. The molecule has 1 heterocycles. The van der Waals surface area contributed by atoms with Crippen LogP contribution in [0.4, 0.5) is 5.69 Å². The summed E-state index contributed by atoms with van der Waals surface area (Å²) in [4.78, 5) is 0. The Bertz CT molecular complexity index is 528. The quantitative estimate of drug-likeness (QED) is 0.776. The number of aliphatic hydroxyl groups is 1. The molecule has 5 nitrogen and oxygen atoms in total. The molecular weight excluding hydrogens is 276 g/mol. The molecule has 112 valence electrons. The summed E-state index contributed by atoms with van der Waals surface area (Å²) >= 11 is 0. The average Bonchev–Trinajstić information content (AvgIpc) is 2.79. The maximum Gasteiger partial charge on any atom is 0.235 e. The summed E-state index contributed by atoms with van der Waals surface area (Å²) in [6.07, 6.45) is 1.43. The lowest BCUT2D eigenvalue weighted by atomic mass is 10.1. The molecule has 0 spiro atoms. The number of benzene rings is 1. The van der Waals surface area contributed by atoms with Gasteiger partial charge in [0.25, 0.3) is 0 Å². The second kappa shape index (κ2) is 6.56. The third-order valence-electron chi connectivity index (χ3n) is 3.57. The number of sulfonamides is 1. The number of nitrogens with zero attached hydrogens (tertiary/aromatic N) is 1. The average molecular weight is 298 g/mol. The summed E-state index contributed by atoms with van der Waals surface area (Å²) in [6, 6.07) is 7.83. The number of hydrogen-bond donors (Lipinski definition) is 2. The number of aliphatic hydroxyl groups excluding tert-OH is 1. The van der Waals surface area contributed by atoms with Gasteiger partial charge in [-0.2, -0.15) is 0 Å². The molecule has 1 atom stereocenters. The number of rotatable bonds is 6. The van der Waals surface area contributed by atoms with Crippen molar-refractivity contribution in [3.05, 3.63) is 29.8 Å². The lowest BCUT2D eigenvalue weighted by Gasteiger charge is -2.19. The summed E-state index contributed by atoms with van der Waals surface area (Å²) in [5.41, 5.74) is 1.86. The molecule has 2 rings (SSSR count). The van der Waals surface area contributed by atoms with Crippen LogP contribution in [0.5, 0.6) is 0 Å². The van der Waals surface area contributed by atoms with Crippen molar-refractivity contribution < 1.29 is 13.5 Å². The normalized spacial score (nSPS) is 19.2. The van der Waals surface area contributed by atoms with Crippen molar-refractivity contribution in [2.24, 2.45) is 0 Å². The maximum absolute atomic E-state index is 11.8. The summed E-state index contributed by atoms with van der Waals surface area (Å²) in [5, 5.41) is 12.1. The molecule has 1 fully saturated rings. The lowest BCUT2D eigenvalue weighted by molar-refractivity contribution is 0.284. The zero-order chi connectivity index (χ0) is 14.6. The molecule has 0 amide bonds. The van der Waals surface area contributed by atoms with E-state index in [4.69, 9.17) is 5.11 Å². The monoisotopic (exact) mass is 298 g/mol. The molecule has 0 aliphatic carbocycles.